The number of benzene rings is 4. The molecule has 0 saturated heterocycles. The standard InChI is InChI=1S/C32H27ClFN5O5S/c1-38(45(43,44)30-13-6-5-12-29(30)39(41)42)20-24(18-21-8-3-2-4-9-21)35-32(40)25-10-7-11-26(34)31(25)28-19-27(36-37-28)22-14-16-23(33)17-15-22/h2-17,19,24H,18,20H2,1H3,(H,35,40)(H,36,37)/t24-/m1/s1. The lowest BCUT2D eigenvalue weighted by molar-refractivity contribution is -0.387. The molecule has 0 spiro atoms. The predicted octanol–water partition coefficient (Wildman–Crippen LogP) is 6.11. The number of nitro benzene ring substituents is 1. The second-order valence-corrected chi connectivity index (χ2v) is 12.7. The molecule has 0 bridgehead atoms. The van der Waals surface area contributed by atoms with Crippen LogP contribution in [-0.4, -0.2) is 53.4 Å². The summed E-state index contributed by atoms with van der Waals surface area (Å²) in [6.07, 6.45) is 0.221. The zero-order valence-electron chi connectivity index (χ0n) is 23.9. The first kappa shape index (κ1) is 31.5. The molecule has 1 aromatic heterocycles. The van der Waals surface area contributed by atoms with Crippen molar-refractivity contribution in [1.82, 2.24) is 19.8 Å². The fourth-order valence-corrected chi connectivity index (χ4v) is 6.43. The van der Waals surface area contributed by atoms with Gasteiger partial charge < -0.3 is 5.32 Å². The maximum Gasteiger partial charge on any atom is 0.289 e. The molecular formula is C32H27ClFN5O5S. The Bertz CT molecular complexity index is 1950. The summed E-state index contributed by atoms with van der Waals surface area (Å²) in [5.74, 6) is -1.31. The summed E-state index contributed by atoms with van der Waals surface area (Å²) in [4.78, 5) is 24.1. The molecule has 0 saturated carbocycles. The first-order chi connectivity index (χ1) is 21.5. The van der Waals surface area contributed by atoms with Gasteiger partial charge in [-0.1, -0.05) is 72.3 Å². The summed E-state index contributed by atoms with van der Waals surface area (Å²) >= 11 is 5.99. The van der Waals surface area contributed by atoms with Crippen molar-refractivity contribution in [3.05, 3.63) is 135 Å². The number of likely N-dealkylation sites (N-methyl/N-ethyl adjacent to an activating group) is 1. The fourth-order valence-electron chi connectivity index (χ4n) is 4.93. The van der Waals surface area contributed by atoms with E-state index in [2.05, 4.69) is 15.5 Å². The van der Waals surface area contributed by atoms with Gasteiger partial charge in [0.2, 0.25) is 10.0 Å². The molecular weight excluding hydrogens is 621 g/mol. The van der Waals surface area contributed by atoms with Gasteiger partial charge in [-0.05, 0) is 48.4 Å². The molecule has 5 aromatic rings. The normalized spacial score (nSPS) is 12.2. The zero-order valence-corrected chi connectivity index (χ0v) is 25.4. The van der Waals surface area contributed by atoms with Crippen LogP contribution in [0.25, 0.3) is 22.5 Å². The third kappa shape index (κ3) is 7.09. The maximum atomic E-state index is 15.3. The Morgan fingerprint density at radius 3 is 2.42 bits per heavy atom. The van der Waals surface area contributed by atoms with E-state index in [9.17, 15) is 23.3 Å². The van der Waals surface area contributed by atoms with Gasteiger partial charge in [0, 0.05) is 41.9 Å². The van der Waals surface area contributed by atoms with Gasteiger partial charge in [-0.25, -0.2) is 12.8 Å². The van der Waals surface area contributed by atoms with Crippen molar-refractivity contribution in [2.75, 3.05) is 13.6 Å². The third-order valence-corrected chi connectivity index (χ3v) is 9.26. The molecule has 0 aliphatic carbocycles. The van der Waals surface area contributed by atoms with E-state index in [1.807, 2.05) is 30.3 Å². The number of halogens is 2. The average molecular weight is 648 g/mol. The summed E-state index contributed by atoms with van der Waals surface area (Å²) in [6, 6.07) is 26.0. The molecule has 0 fully saturated rings. The number of hydrogen-bond acceptors (Lipinski definition) is 6. The smallest absolute Gasteiger partial charge is 0.289 e. The van der Waals surface area contributed by atoms with Crippen molar-refractivity contribution in [3.8, 4) is 22.5 Å². The highest BCUT2D eigenvalue weighted by Gasteiger charge is 2.31. The summed E-state index contributed by atoms with van der Waals surface area (Å²) in [6.45, 7) is -0.232. The van der Waals surface area contributed by atoms with E-state index in [-0.39, 0.29) is 29.8 Å². The largest absolute Gasteiger partial charge is 0.348 e. The molecule has 10 nitrogen and oxygen atoms in total. The van der Waals surface area contributed by atoms with Crippen LogP contribution in [0.4, 0.5) is 10.1 Å². The number of aromatic amines is 1. The van der Waals surface area contributed by atoms with E-state index in [4.69, 9.17) is 11.6 Å². The van der Waals surface area contributed by atoms with Gasteiger partial charge in [0.15, 0.2) is 4.90 Å². The Morgan fingerprint density at radius 1 is 1.02 bits per heavy atom. The van der Waals surface area contributed by atoms with E-state index in [0.717, 1.165) is 27.6 Å². The van der Waals surface area contributed by atoms with Crippen molar-refractivity contribution in [2.45, 2.75) is 17.4 Å². The maximum absolute atomic E-state index is 15.3. The van der Waals surface area contributed by atoms with E-state index >= 15 is 4.39 Å². The third-order valence-electron chi connectivity index (χ3n) is 7.13. The highest BCUT2D eigenvalue weighted by molar-refractivity contribution is 7.89. The lowest BCUT2D eigenvalue weighted by Gasteiger charge is -2.25. The van der Waals surface area contributed by atoms with Gasteiger partial charge in [-0.3, -0.25) is 20.0 Å². The number of nitro groups is 1. The SMILES string of the molecule is CN(C[C@@H](Cc1ccccc1)NC(=O)c1cccc(F)c1-c1cc(-c2ccc(Cl)cc2)n[nH]1)S(=O)(=O)c1ccccc1[N+](=O)[O-]. The van der Waals surface area contributed by atoms with E-state index in [1.54, 1.807) is 30.3 Å². The van der Waals surface area contributed by atoms with E-state index in [0.29, 0.717) is 10.7 Å². The predicted molar refractivity (Wildman–Crippen MR) is 169 cm³/mol. The summed E-state index contributed by atoms with van der Waals surface area (Å²) in [5, 5.41) is 22.0. The second kappa shape index (κ2) is 13.4. The van der Waals surface area contributed by atoms with Gasteiger partial charge in [-0.2, -0.15) is 9.40 Å². The number of nitrogens with one attached hydrogen (secondary N) is 2. The summed E-state index contributed by atoms with van der Waals surface area (Å²) < 4.78 is 43.2. The van der Waals surface area contributed by atoms with Crippen molar-refractivity contribution in [2.24, 2.45) is 0 Å². The van der Waals surface area contributed by atoms with Crippen LogP contribution < -0.4 is 5.32 Å². The topological polar surface area (TPSA) is 138 Å². The van der Waals surface area contributed by atoms with Crippen molar-refractivity contribution in [1.29, 1.82) is 0 Å². The number of H-pyrrole nitrogens is 1. The van der Waals surface area contributed by atoms with E-state index < -0.39 is 43.3 Å². The highest BCUT2D eigenvalue weighted by atomic mass is 35.5. The van der Waals surface area contributed by atoms with Crippen molar-refractivity contribution in [3.63, 3.8) is 0 Å². The van der Waals surface area contributed by atoms with Crippen LogP contribution in [0.2, 0.25) is 5.02 Å². The molecule has 1 heterocycles. The van der Waals surface area contributed by atoms with Gasteiger partial charge in [0.25, 0.3) is 11.6 Å². The van der Waals surface area contributed by atoms with Crippen LogP contribution in [0.1, 0.15) is 15.9 Å². The van der Waals surface area contributed by atoms with Crippen LogP contribution in [0.3, 0.4) is 0 Å². The van der Waals surface area contributed by atoms with Crippen LogP contribution in [-0.2, 0) is 16.4 Å². The number of para-hydroxylation sites is 1. The Labute approximate surface area is 263 Å². The number of sulfonamides is 1. The van der Waals surface area contributed by atoms with Gasteiger partial charge in [-0.15, -0.1) is 0 Å². The number of carbonyl (C=O) groups is 1. The van der Waals surface area contributed by atoms with E-state index in [1.165, 1.54) is 37.4 Å². The lowest BCUT2D eigenvalue weighted by Crippen LogP contribution is -2.45. The molecule has 5 rings (SSSR count). The number of carbonyl (C=O) groups excluding carboxylic acids is 1. The Kier molecular flexibility index (Phi) is 9.37. The van der Waals surface area contributed by atoms with Crippen LogP contribution in [0.15, 0.2) is 108 Å². The average Bonchev–Trinajstić information content (AvgIpc) is 3.51. The molecule has 230 valence electrons. The molecule has 2 N–H and O–H groups in total. The molecule has 45 heavy (non-hydrogen) atoms. The first-order valence-corrected chi connectivity index (χ1v) is 15.5. The minimum atomic E-state index is -4.33. The van der Waals surface area contributed by atoms with Gasteiger partial charge in [0.1, 0.15) is 5.82 Å². The number of rotatable bonds is 11. The molecule has 1 atom stereocenters. The zero-order chi connectivity index (χ0) is 32.1. The van der Waals surface area contributed by atoms with Crippen molar-refractivity contribution >= 4 is 33.2 Å². The molecule has 0 aliphatic rings. The minimum Gasteiger partial charge on any atom is -0.348 e. The monoisotopic (exact) mass is 647 g/mol. The van der Waals surface area contributed by atoms with Gasteiger partial charge in [0.05, 0.1) is 21.9 Å². The number of hydrogen-bond donors (Lipinski definition) is 2. The highest BCUT2D eigenvalue weighted by Crippen LogP contribution is 2.30. The molecule has 0 radical (unpaired) electrons. The molecule has 13 heteroatoms. The summed E-state index contributed by atoms with van der Waals surface area (Å²) in [7, 11) is -3.04. The summed E-state index contributed by atoms with van der Waals surface area (Å²) in [5.41, 5.74) is 1.74. The van der Waals surface area contributed by atoms with Gasteiger partial charge >= 0.3 is 0 Å². The Morgan fingerprint density at radius 2 is 1.71 bits per heavy atom. The van der Waals surface area contributed by atoms with Crippen LogP contribution in [0, 0.1) is 15.9 Å². The van der Waals surface area contributed by atoms with Crippen LogP contribution >= 0.6 is 11.6 Å². The molecule has 1 amide bonds. The Balaban J connectivity index is 1.45. The van der Waals surface area contributed by atoms with Crippen molar-refractivity contribution < 1.29 is 22.5 Å². The minimum absolute atomic E-state index is 0.00331. The second-order valence-electron chi connectivity index (χ2n) is 10.2. The van der Waals surface area contributed by atoms with Crippen LogP contribution in [0.5, 0.6) is 0 Å². The molecule has 0 aliphatic heterocycles. The first-order valence-electron chi connectivity index (χ1n) is 13.7. The quantitative estimate of drug-likeness (QED) is 0.131. The number of amides is 1. The fraction of sp³-hybridized carbons (Fsp3) is 0.125. The lowest BCUT2D eigenvalue weighted by atomic mass is 10.0. The number of aromatic nitrogens is 2. The molecule has 0 unspecified atom stereocenters. The Hall–Kier alpha value is -4.91. The number of nitrogens with zero attached hydrogens (tertiary/aromatic N) is 3. The molecule has 4 aromatic carbocycles.